The molecule has 2 atom stereocenters. The van der Waals surface area contributed by atoms with Crippen molar-refractivity contribution in [3.8, 4) is 0 Å². The number of carboxylic acids is 1. The highest BCUT2D eigenvalue weighted by atomic mass is 16.4. The van der Waals surface area contributed by atoms with Crippen molar-refractivity contribution in [1.29, 1.82) is 0 Å². The second-order valence-corrected chi connectivity index (χ2v) is 6.34. The van der Waals surface area contributed by atoms with Crippen molar-refractivity contribution in [3.63, 3.8) is 0 Å². The van der Waals surface area contributed by atoms with Gasteiger partial charge in [0.15, 0.2) is 0 Å². The van der Waals surface area contributed by atoms with E-state index in [1.165, 1.54) is 11.6 Å². The molecule has 116 valence electrons. The van der Waals surface area contributed by atoms with Gasteiger partial charge < -0.3 is 14.8 Å². The van der Waals surface area contributed by atoms with Crippen molar-refractivity contribution in [2.75, 3.05) is 0 Å². The summed E-state index contributed by atoms with van der Waals surface area (Å²) in [6.45, 7) is 2.68. The van der Waals surface area contributed by atoms with Gasteiger partial charge in [0.2, 0.25) is 0 Å². The number of nitrogens with zero attached hydrogens (tertiary/aromatic N) is 1. The summed E-state index contributed by atoms with van der Waals surface area (Å²) in [5, 5.41) is 11.4. The molecule has 0 aliphatic carbocycles. The third-order valence-corrected chi connectivity index (χ3v) is 5.03. The van der Waals surface area contributed by atoms with Crippen LogP contribution < -0.4 is 5.11 Å². The van der Waals surface area contributed by atoms with Gasteiger partial charge in [0.05, 0.1) is 17.6 Å². The molecule has 2 aromatic carbocycles. The first kappa shape index (κ1) is 14.0. The largest absolute Gasteiger partial charge is 0.545 e. The number of aromatic carboxylic acids is 1. The average molecular weight is 306 g/mol. The molecule has 2 aromatic rings. The normalized spacial score (nSPS) is 22.1. The zero-order valence-electron chi connectivity index (χ0n) is 12.8. The summed E-state index contributed by atoms with van der Waals surface area (Å²) in [5.41, 5.74) is 3.54. The van der Waals surface area contributed by atoms with Crippen LogP contribution >= 0.6 is 0 Å². The lowest BCUT2D eigenvalue weighted by Gasteiger charge is -2.23. The standard InChI is InChI=1S/C19H17NO3/c1-11-9-16-14-7-4-8-15(19(22)23)17(14)18(21)20(16)10-12-5-2-3-6-13(11)12/h2-8,11,16H,9-10H2,1H3,(H,22,23)/p-1/t11-,16-/m0/s1. The summed E-state index contributed by atoms with van der Waals surface area (Å²) < 4.78 is 0. The van der Waals surface area contributed by atoms with Crippen LogP contribution in [0.5, 0.6) is 0 Å². The van der Waals surface area contributed by atoms with Crippen LogP contribution in [0.2, 0.25) is 0 Å². The molecule has 2 aliphatic rings. The fourth-order valence-corrected chi connectivity index (χ4v) is 3.95. The maximum atomic E-state index is 12.9. The highest BCUT2D eigenvalue weighted by Crippen LogP contribution is 2.45. The molecule has 4 rings (SSSR count). The first-order valence-electron chi connectivity index (χ1n) is 7.81. The number of rotatable bonds is 1. The molecule has 2 aliphatic heterocycles. The minimum Gasteiger partial charge on any atom is -0.545 e. The lowest BCUT2D eigenvalue weighted by atomic mass is 9.89. The van der Waals surface area contributed by atoms with Gasteiger partial charge in [0, 0.05) is 12.1 Å². The Morgan fingerprint density at radius 3 is 2.65 bits per heavy atom. The third kappa shape index (κ3) is 1.98. The fourth-order valence-electron chi connectivity index (χ4n) is 3.95. The molecule has 0 fully saturated rings. The predicted molar refractivity (Wildman–Crippen MR) is 82.9 cm³/mol. The molecule has 0 aromatic heterocycles. The van der Waals surface area contributed by atoms with Gasteiger partial charge in [-0.05, 0) is 29.0 Å². The zero-order valence-corrected chi connectivity index (χ0v) is 12.8. The van der Waals surface area contributed by atoms with Gasteiger partial charge in [-0.1, -0.05) is 49.4 Å². The molecular formula is C19H16NO3-. The molecule has 0 N–H and O–H groups in total. The number of carbonyl (C=O) groups excluding carboxylic acids is 2. The molecule has 0 unspecified atom stereocenters. The number of amides is 1. The Kier molecular flexibility index (Phi) is 3.01. The van der Waals surface area contributed by atoms with E-state index in [1.54, 1.807) is 11.0 Å². The average Bonchev–Trinajstić information content (AvgIpc) is 2.72. The van der Waals surface area contributed by atoms with Crippen molar-refractivity contribution in [2.24, 2.45) is 0 Å². The number of benzene rings is 2. The van der Waals surface area contributed by atoms with Gasteiger partial charge in [-0.25, -0.2) is 0 Å². The molecule has 0 spiro atoms. The summed E-state index contributed by atoms with van der Waals surface area (Å²) in [4.78, 5) is 26.0. The van der Waals surface area contributed by atoms with Gasteiger partial charge in [0.1, 0.15) is 0 Å². The topological polar surface area (TPSA) is 60.4 Å². The predicted octanol–water partition coefficient (Wildman–Crippen LogP) is 2.25. The van der Waals surface area contributed by atoms with Crippen molar-refractivity contribution in [1.82, 2.24) is 4.90 Å². The molecule has 2 heterocycles. The lowest BCUT2D eigenvalue weighted by Crippen LogP contribution is -2.28. The number of hydrogen-bond donors (Lipinski definition) is 0. The Morgan fingerprint density at radius 2 is 1.87 bits per heavy atom. The van der Waals surface area contributed by atoms with Crippen LogP contribution in [0.15, 0.2) is 42.5 Å². The fraction of sp³-hybridized carbons (Fsp3) is 0.263. The van der Waals surface area contributed by atoms with Crippen LogP contribution in [0, 0.1) is 0 Å². The summed E-state index contributed by atoms with van der Waals surface area (Å²) in [6, 6.07) is 13.1. The SMILES string of the molecule is C[C@H]1C[C@H]2c3cccc(C(=O)[O-])c3C(=O)N2Cc2ccccc21. The summed E-state index contributed by atoms with van der Waals surface area (Å²) >= 11 is 0. The van der Waals surface area contributed by atoms with E-state index in [4.69, 9.17) is 0 Å². The lowest BCUT2D eigenvalue weighted by molar-refractivity contribution is -0.255. The first-order chi connectivity index (χ1) is 11.1. The van der Waals surface area contributed by atoms with Crippen LogP contribution in [0.3, 0.4) is 0 Å². The Morgan fingerprint density at radius 1 is 1.13 bits per heavy atom. The van der Waals surface area contributed by atoms with E-state index in [2.05, 4.69) is 13.0 Å². The number of carboxylic acid groups (broad SMARTS) is 1. The molecule has 4 nitrogen and oxygen atoms in total. The second kappa shape index (κ2) is 4.95. The molecule has 23 heavy (non-hydrogen) atoms. The Balaban J connectivity index is 1.85. The van der Waals surface area contributed by atoms with E-state index in [9.17, 15) is 14.7 Å². The Labute approximate surface area is 134 Å². The number of hydrogen-bond acceptors (Lipinski definition) is 3. The van der Waals surface area contributed by atoms with Crippen molar-refractivity contribution in [3.05, 3.63) is 70.3 Å². The molecular weight excluding hydrogens is 290 g/mol. The van der Waals surface area contributed by atoms with E-state index in [1.807, 2.05) is 24.3 Å². The van der Waals surface area contributed by atoms with Gasteiger partial charge >= 0.3 is 0 Å². The quantitative estimate of drug-likeness (QED) is 0.812. The molecule has 1 amide bonds. The summed E-state index contributed by atoms with van der Waals surface area (Å²) in [7, 11) is 0. The molecule has 0 saturated carbocycles. The molecule has 0 radical (unpaired) electrons. The smallest absolute Gasteiger partial charge is 0.255 e. The highest BCUT2D eigenvalue weighted by Gasteiger charge is 2.41. The van der Waals surface area contributed by atoms with Crippen LogP contribution in [0.4, 0.5) is 0 Å². The molecule has 0 saturated heterocycles. The monoisotopic (exact) mass is 306 g/mol. The van der Waals surface area contributed by atoms with E-state index in [0.717, 1.165) is 17.5 Å². The minimum atomic E-state index is -1.29. The van der Waals surface area contributed by atoms with E-state index >= 15 is 0 Å². The van der Waals surface area contributed by atoms with Gasteiger partial charge in [-0.2, -0.15) is 0 Å². The van der Waals surface area contributed by atoms with Crippen molar-refractivity contribution < 1.29 is 14.7 Å². The van der Waals surface area contributed by atoms with Crippen LogP contribution in [0.25, 0.3) is 0 Å². The van der Waals surface area contributed by atoms with Crippen LogP contribution in [-0.4, -0.2) is 16.8 Å². The summed E-state index contributed by atoms with van der Waals surface area (Å²) in [6.07, 6.45) is 0.798. The molecule has 4 heteroatoms. The third-order valence-electron chi connectivity index (χ3n) is 5.03. The van der Waals surface area contributed by atoms with Gasteiger partial charge in [0.25, 0.3) is 5.91 Å². The Bertz CT molecular complexity index is 827. The van der Waals surface area contributed by atoms with E-state index in [-0.39, 0.29) is 17.5 Å². The zero-order chi connectivity index (χ0) is 16.1. The highest BCUT2D eigenvalue weighted by molar-refractivity contribution is 6.07. The van der Waals surface area contributed by atoms with E-state index in [0.29, 0.717) is 18.0 Å². The summed E-state index contributed by atoms with van der Waals surface area (Å²) in [5.74, 6) is -1.18. The van der Waals surface area contributed by atoms with Crippen LogP contribution in [0.1, 0.15) is 62.7 Å². The molecule has 0 bridgehead atoms. The van der Waals surface area contributed by atoms with Crippen LogP contribution in [-0.2, 0) is 6.54 Å². The first-order valence-corrected chi connectivity index (χ1v) is 7.81. The Hall–Kier alpha value is -2.62. The van der Waals surface area contributed by atoms with Crippen molar-refractivity contribution >= 4 is 11.9 Å². The maximum absolute atomic E-state index is 12.9. The van der Waals surface area contributed by atoms with Gasteiger partial charge in [-0.15, -0.1) is 0 Å². The van der Waals surface area contributed by atoms with Crippen molar-refractivity contribution in [2.45, 2.75) is 31.8 Å². The number of carbonyl (C=O) groups is 2. The van der Waals surface area contributed by atoms with Gasteiger partial charge in [-0.3, -0.25) is 4.79 Å². The van der Waals surface area contributed by atoms with E-state index < -0.39 is 5.97 Å². The minimum absolute atomic E-state index is 0.00140. The number of fused-ring (bicyclic) bond motifs is 4. The second-order valence-electron chi connectivity index (χ2n) is 6.34. The maximum Gasteiger partial charge on any atom is 0.255 e.